The molecule has 1 heterocycles. The van der Waals surface area contributed by atoms with Gasteiger partial charge in [-0.15, -0.1) is 0 Å². The number of rotatable bonds is 7. The molecule has 0 aliphatic rings. The standard InChI is InChI=1S/C41H30N4/c1-3-11-30-16-10-17-37(38(30)42-2)35-25-21-29-20-24-34(26-36(29)27-35)28-18-22-33(23-19-28)41-44-39(31-12-6-4-7-13-31)43-40(45-41)32-14-8-5-9-15-32/h3-27H,2H2,1H3/b11-3-. The van der Waals surface area contributed by atoms with Crippen molar-refractivity contribution in [3.8, 4) is 56.4 Å². The lowest BCUT2D eigenvalue weighted by molar-refractivity contribution is 1.07. The maximum absolute atomic E-state index is 4.87. The van der Waals surface area contributed by atoms with Crippen molar-refractivity contribution in [2.24, 2.45) is 4.99 Å². The third-order valence-electron chi connectivity index (χ3n) is 7.90. The zero-order valence-corrected chi connectivity index (χ0v) is 24.9. The zero-order chi connectivity index (χ0) is 30.6. The molecule has 0 unspecified atom stereocenters. The summed E-state index contributed by atoms with van der Waals surface area (Å²) in [5.74, 6) is 1.95. The number of hydrogen-bond donors (Lipinski definition) is 0. The van der Waals surface area contributed by atoms with E-state index in [-0.39, 0.29) is 0 Å². The fourth-order valence-electron chi connectivity index (χ4n) is 5.63. The molecule has 1 aromatic heterocycles. The van der Waals surface area contributed by atoms with Crippen LogP contribution in [0.15, 0.2) is 151 Å². The predicted octanol–water partition coefficient (Wildman–Crippen LogP) is 10.7. The average Bonchev–Trinajstić information content (AvgIpc) is 3.12. The Morgan fingerprint density at radius 1 is 0.489 bits per heavy atom. The molecule has 0 N–H and O–H groups in total. The molecule has 0 bridgehead atoms. The normalized spacial score (nSPS) is 11.2. The van der Waals surface area contributed by atoms with Gasteiger partial charge in [0.1, 0.15) is 0 Å². The third-order valence-corrected chi connectivity index (χ3v) is 7.90. The van der Waals surface area contributed by atoms with E-state index in [4.69, 9.17) is 15.0 Å². The monoisotopic (exact) mass is 578 g/mol. The molecule has 0 atom stereocenters. The van der Waals surface area contributed by atoms with Crippen molar-refractivity contribution in [2.75, 3.05) is 0 Å². The highest BCUT2D eigenvalue weighted by molar-refractivity contribution is 5.93. The fraction of sp³-hybridized carbons (Fsp3) is 0.0244. The van der Waals surface area contributed by atoms with Gasteiger partial charge < -0.3 is 0 Å². The van der Waals surface area contributed by atoms with E-state index in [2.05, 4.69) is 96.6 Å². The van der Waals surface area contributed by atoms with E-state index >= 15 is 0 Å². The molecule has 0 fully saturated rings. The summed E-state index contributed by atoms with van der Waals surface area (Å²) in [4.78, 5) is 18.9. The van der Waals surface area contributed by atoms with Crippen LogP contribution in [0, 0.1) is 0 Å². The summed E-state index contributed by atoms with van der Waals surface area (Å²) in [6.45, 7) is 5.86. The minimum atomic E-state index is 0.643. The molecule has 0 saturated carbocycles. The van der Waals surface area contributed by atoms with Crippen molar-refractivity contribution in [3.63, 3.8) is 0 Å². The smallest absolute Gasteiger partial charge is 0.164 e. The molecule has 6 aromatic carbocycles. The van der Waals surface area contributed by atoms with Crippen molar-refractivity contribution in [2.45, 2.75) is 6.92 Å². The molecule has 0 spiro atoms. The van der Waals surface area contributed by atoms with Gasteiger partial charge >= 0.3 is 0 Å². The highest BCUT2D eigenvalue weighted by Gasteiger charge is 2.13. The second kappa shape index (κ2) is 12.3. The van der Waals surface area contributed by atoms with E-state index < -0.39 is 0 Å². The number of hydrogen-bond acceptors (Lipinski definition) is 4. The first-order valence-corrected chi connectivity index (χ1v) is 14.9. The van der Waals surface area contributed by atoms with Gasteiger partial charge in [-0.25, -0.2) is 15.0 Å². The minimum Gasteiger partial charge on any atom is -0.263 e. The number of benzene rings is 6. The van der Waals surface area contributed by atoms with Crippen LogP contribution < -0.4 is 0 Å². The van der Waals surface area contributed by atoms with Crippen LogP contribution in [0.3, 0.4) is 0 Å². The van der Waals surface area contributed by atoms with Crippen molar-refractivity contribution in [3.05, 3.63) is 151 Å². The predicted molar refractivity (Wildman–Crippen MR) is 188 cm³/mol. The van der Waals surface area contributed by atoms with Crippen LogP contribution in [0.1, 0.15) is 12.5 Å². The maximum atomic E-state index is 4.87. The summed E-state index contributed by atoms with van der Waals surface area (Å²) in [7, 11) is 0. The van der Waals surface area contributed by atoms with E-state index in [0.717, 1.165) is 55.6 Å². The maximum Gasteiger partial charge on any atom is 0.164 e. The van der Waals surface area contributed by atoms with Crippen LogP contribution >= 0.6 is 0 Å². The van der Waals surface area contributed by atoms with Crippen LogP contribution in [-0.4, -0.2) is 21.7 Å². The summed E-state index contributed by atoms with van der Waals surface area (Å²) in [6.07, 6.45) is 4.09. The van der Waals surface area contributed by atoms with Crippen molar-refractivity contribution in [1.29, 1.82) is 0 Å². The largest absolute Gasteiger partial charge is 0.263 e. The quantitative estimate of drug-likeness (QED) is 0.177. The number of para-hydroxylation sites is 1. The van der Waals surface area contributed by atoms with Gasteiger partial charge in [0.05, 0.1) is 5.69 Å². The summed E-state index contributed by atoms with van der Waals surface area (Å²) in [5.41, 5.74) is 9.24. The first kappa shape index (κ1) is 27.8. The lowest BCUT2D eigenvalue weighted by Gasteiger charge is -2.11. The molecule has 214 valence electrons. The lowest BCUT2D eigenvalue weighted by Crippen LogP contribution is -2.00. The molecule has 0 radical (unpaired) electrons. The molecule has 0 amide bonds. The van der Waals surface area contributed by atoms with Crippen LogP contribution in [-0.2, 0) is 0 Å². The van der Waals surface area contributed by atoms with E-state index in [1.54, 1.807) is 0 Å². The molecule has 0 aliphatic carbocycles. The first-order chi connectivity index (χ1) is 22.2. The molecule has 0 saturated heterocycles. The van der Waals surface area contributed by atoms with Gasteiger partial charge in [0, 0.05) is 27.8 Å². The Labute approximate surface area is 263 Å². The number of nitrogens with zero attached hydrogens (tertiary/aromatic N) is 4. The number of allylic oxidation sites excluding steroid dienone is 1. The van der Waals surface area contributed by atoms with Crippen LogP contribution in [0.25, 0.3) is 73.3 Å². The van der Waals surface area contributed by atoms with Crippen LogP contribution in [0.5, 0.6) is 0 Å². The first-order valence-electron chi connectivity index (χ1n) is 14.9. The van der Waals surface area contributed by atoms with Gasteiger partial charge in [-0.3, -0.25) is 4.99 Å². The highest BCUT2D eigenvalue weighted by atomic mass is 15.0. The van der Waals surface area contributed by atoms with E-state index in [1.807, 2.05) is 73.7 Å². The molecule has 4 nitrogen and oxygen atoms in total. The zero-order valence-electron chi connectivity index (χ0n) is 24.9. The SMILES string of the molecule is C=Nc1c(/C=C\C)cccc1-c1ccc2ccc(-c3ccc(-c4nc(-c5ccccc5)nc(-c5ccccc5)n4)cc3)cc2c1. The Morgan fingerprint density at radius 3 is 1.58 bits per heavy atom. The second-order valence-electron chi connectivity index (χ2n) is 10.8. The lowest BCUT2D eigenvalue weighted by atomic mass is 9.95. The molecular weight excluding hydrogens is 548 g/mol. The van der Waals surface area contributed by atoms with Crippen molar-refractivity contribution >= 4 is 29.3 Å². The Hall–Kier alpha value is -6.00. The van der Waals surface area contributed by atoms with E-state index in [9.17, 15) is 0 Å². The van der Waals surface area contributed by atoms with Crippen molar-refractivity contribution in [1.82, 2.24) is 15.0 Å². The summed E-state index contributed by atoms with van der Waals surface area (Å²) in [6, 6.07) is 47.9. The Bertz CT molecular complexity index is 2110. The Morgan fingerprint density at radius 2 is 1.00 bits per heavy atom. The average molecular weight is 579 g/mol. The Balaban J connectivity index is 1.25. The second-order valence-corrected chi connectivity index (χ2v) is 10.8. The molecule has 7 rings (SSSR count). The number of aromatic nitrogens is 3. The molecule has 4 heteroatoms. The molecule has 7 aromatic rings. The van der Waals surface area contributed by atoms with Gasteiger partial charge in [-0.2, -0.15) is 0 Å². The third kappa shape index (κ3) is 5.69. The summed E-state index contributed by atoms with van der Waals surface area (Å²) >= 11 is 0. The number of fused-ring (bicyclic) bond motifs is 1. The Kier molecular flexibility index (Phi) is 7.61. The topological polar surface area (TPSA) is 51.0 Å². The van der Waals surface area contributed by atoms with Crippen LogP contribution in [0.2, 0.25) is 0 Å². The van der Waals surface area contributed by atoms with E-state index in [1.165, 1.54) is 5.39 Å². The fourth-order valence-corrected chi connectivity index (χ4v) is 5.63. The van der Waals surface area contributed by atoms with Crippen LogP contribution in [0.4, 0.5) is 5.69 Å². The summed E-state index contributed by atoms with van der Waals surface area (Å²) < 4.78 is 0. The molecule has 45 heavy (non-hydrogen) atoms. The molecular formula is C41H30N4. The van der Waals surface area contributed by atoms with Gasteiger partial charge in [0.2, 0.25) is 0 Å². The van der Waals surface area contributed by atoms with Crippen molar-refractivity contribution < 1.29 is 0 Å². The van der Waals surface area contributed by atoms with Gasteiger partial charge in [-0.05, 0) is 53.2 Å². The van der Waals surface area contributed by atoms with Gasteiger partial charge in [-0.1, -0.05) is 140 Å². The molecule has 0 aliphatic heterocycles. The van der Waals surface area contributed by atoms with Gasteiger partial charge in [0.15, 0.2) is 17.5 Å². The summed E-state index contributed by atoms with van der Waals surface area (Å²) in [5, 5.41) is 2.35. The number of aliphatic imine (C=N–C) groups is 1. The van der Waals surface area contributed by atoms with Gasteiger partial charge in [0.25, 0.3) is 0 Å². The minimum absolute atomic E-state index is 0.643. The highest BCUT2D eigenvalue weighted by Crippen LogP contribution is 2.36. The van der Waals surface area contributed by atoms with E-state index in [0.29, 0.717) is 17.5 Å².